The maximum Gasteiger partial charge on any atom is 0.326 e. The predicted octanol–water partition coefficient (Wildman–Crippen LogP) is 1.69. The van der Waals surface area contributed by atoms with E-state index in [0.717, 1.165) is 19.3 Å². The molecule has 1 aromatic rings. The van der Waals surface area contributed by atoms with Crippen molar-refractivity contribution < 1.29 is 23.1 Å². The number of anilines is 1. The van der Waals surface area contributed by atoms with Gasteiger partial charge in [-0.1, -0.05) is 12.5 Å². The van der Waals surface area contributed by atoms with Crippen LogP contribution < -0.4 is 4.31 Å². The van der Waals surface area contributed by atoms with E-state index >= 15 is 0 Å². The zero-order chi connectivity index (χ0) is 18.5. The summed E-state index contributed by atoms with van der Waals surface area (Å²) in [6.45, 7) is 0.409. The van der Waals surface area contributed by atoms with Crippen molar-refractivity contribution in [1.29, 1.82) is 0 Å². The standard InChI is InChI=1S/C18H22N2O5S/c21-17(20-15-7-2-4-12(15)11-16(20)18(22)23)13-5-1-6-14(10-13)19-8-3-9-26(19,24)25/h1,5-6,10,12,15-16H,2-4,7-9,11H2,(H,22,23)/t12-,15-,16-/m0/s1. The number of hydrogen-bond donors (Lipinski definition) is 1. The molecule has 3 aliphatic rings. The first-order valence-corrected chi connectivity index (χ1v) is 10.7. The minimum atomic E-state index is -3.33. The summed E-state index contributed by atoms with van der Waals surface area (Å²) in [6, 6.07) is 5.73. The zero-order valence-corrected chi connectivity index (χ0v) is 15.2. The Morgan fingerprint density at radius 3 is 2.65 bits per heavy atom. The number of amides is 1. The van der Waals surface area contributed by atoms with Gasteiger partial charge in [0.25, 0.3) is 5.91 Å². The predicted molar refractivity (Wildman–Crippen MR) is 95.5 cm³/mol. The molecule has 0 radical (unpaired) electrons. The van der Waals surface area contributed by atoms with E-state index in [-0.39, 0.29) is 23.6 Å². The number of carboxylic acid groups (broad SMARTS) is 1. The fourth-order valence-corrected chi connectivity index (χ4v) is 6.23. The molecule has 1 aromatic carbocycles. The van der Waals surface area contributed by atoms with Crippen LogP contribution in [0.4, 0.5) is 5.69 Å². The summed E-state index contributed by atoms with van der Waals surface area (Å²) in [7, 11) is -3.33. The highest BCUT2D eigenvalue weighted by Gasteiger charge is 2.48. The van der Waals surface area contributed by atoms with Crippen LogP contribution in [0.5, 0.6) is 0 Å². The summed E-state index contributed by atoms with van der Waals surface area (Å²) in [6.07, 6.45) is 3.88. The molecule has 140 valence electrons. The van der Waals surface area contributed by atoms with Gasteiger partial charge in [0.15, 0.2) is 0 Å². The molecular formula is C18H22N2O5S. The third-order valence-electron chi connectivity index (χ3n) is 5.84. The van der Waals surface area contributed by atoms with Gasteiger partial charge in [-0.05, 0) is 49.8 Å². The molecular weight excluding hydrogens is 356 g/mol. The van der Waals surface area contributed by atoms with Crippen molar-refractivity contribution in [3.8, 4) is 0 Å². The molecule has 1 amide bonds. The molecule has 2 aliphatic heterocycles. The van der Waals surface area contributed by atoms with Crippen LogP contribution in [0, 0.1) is 5.92 Å². The van der Waals surface area contributed by atoms with Crippen molar-refractivity contribution in [2.75, 3.05) is 16.6 Å². The van der Waals surface area contributed by atoms with Crippen LogP contribution in [0.25, 0.3) is 0 Å². The summed E-state index contributed by atoms with van der Waals surface area (Å²) in [5.41, 5.74) is 0.825. The van der Waals surface area contributed by atoms with E-state index in [0.29, 0.717) is 30.6 Å². The number of sulfonamides is 1. The van der Waals surface area contributed by atoms with Crippen molar-refractivity contribution in [2.45, 2.75) is 44.2 Å². The second-order valence-electron chi connectivity index (χ2n) is 7.35. The maximum atomic E-state index is 13.1. The van der Waals surface area contributed by atoms with E-state index in [4.69, 9.17) is 0 Å². The number of carbonyl (C=O) groups excluding carboxylic acids is 1. The fourth-order valence-electron chi connectivity index (χ4n) is 4.67. The molecule has 0 aromatic heterocycles. The largest absolute Gasteiger partial charge is 0.480 e. The van der Waals surface area contributed by atoms with E-state index < -0.39 is 22.0 Å². The third-order valence-corrected chi connectivity index (χ3v) is 7.71. The van der Waals surface area contributed by atoms with E-state index in [1.54, 1.807) is 24.3 Å². The molecule has 2 saturated heterocycles. The van der Waals surface area contributed by atoms with Crippen molar-refractivity contribution in [3.05, 3.63) is 29.8 Å². The quantitative estimate of drug-likeness (QED) is 0.864. The summed E-state index contributed by atoms with van der Waals surface area (Å²) < 4.78 is 25.6. The average molecular weight is 378 g/mol. The van der Waals surface area contributed by atoms with Crippen LogP contribution in [0.3, 0.4) is 0 Å². The van der Waals surface area contributed by atoms with Crippen LogP contribution in [-0.4, -0.2) is 54.7 Å². The van der Waals surface area contributed by atoms with Gasteiger partial charge >= 0.3 is 5.97 Å². The number of carbonyl (C=O) groups is 2. The molecule has 4 rings (SSSR count). The Bertz CT molecular complexity index is 853. The average Bonchev–Trinajstić information content (AvgIpc) is 3.27. The molecule has 0 unspecified atom stereocenters. The van der Waals surface area contributed by atoms with Crippen LogP contribution in [-0.2, 0) is 14.8 Å². The topological polar surface area (TPSA) is 95.0 Å². The molecule has 0 spiro atoms. The molecule has 3 fully saturated rings. The SMILES string of the molecule is O=C(O)[C@@H]1C[C@@H]2CCC[C@@H]2N1C(=O)c1cccc(N2CCCS2(=O)=O)c1. The number of aliphatic carboxylic acids is 1. The van der Waals surface area contributed by atoms with E-state index in [1.165, 1.54) is 9.21 Å². The van der Waals surface area contributed by atoms with Gasteiger partial charge in [-0.2, -0.15) is 0 Å². The molecule has 3 atom stereocenters. The Balaban J connectivity index is 1.66. The smallest absolute Gasteiger partial charge is 0.326 e. The lowest BCUT2D eigenvalue weighted by atomic mass is 10.0. The molecule has 2 heterocycles. The molecule has 26 heavy (non-hydrogen) atoms. The van der Waals surface area contributed by atoms with Gasteiger partial charge in [-0.3, -0.25) is 9.10 Å². The van der Waals surface area contributed by atoms with Gasteiger partial charge in [0.1, 0.15) is 6.04 Å². The van der Waals surface area contributed by atoms with Crippen LogP contribution >= 0.6 is 0 Å². The first-order valence-electron chi connectivity index (χ1n) is 9.04. The fraction of sp³-hybridized carbons (Fsp3) is 0.556. The number of likely N-dealkylation sites (tertiary alicyclic amines) is 1. The Labute approximate surface area is 152 Å². The Morgan fingerprint density at radius 2 is 1.96 bits per heavy atom. The molecule has 1 saturated carbocycles. The highest BCUT2D eigenvalue weighted by atomic mass is 32.2. The Morgan fingerprint density at radius 1 is 1.15 bits per heavy atom. The summed E-state index contributed by atoms with van der Waals surface area (Å²) >= 11 is 0. The number of fused-ring (bicyclic) bond motifs is 1. The van der Waals surface area contributed by atoms with E-state index in [2.05, 4.69) is 0 Å². The lowest BCUT2D eigenvalue weighted by Crippen LogP contribution is -2.45. The van der Waals surface area contributed by atoms with Crippen LogP contribution in [0.2, 0.25) is 0 Å². The number of carboxylic acids is 1. The van der Waals surface area contributed by atoms with Gasteiger partial charge in [0.05, 0.1) is 11.4 Å². The monoisotopic (exact) mass is 378 g/mol. The summed E-state index contributed by atoms with van der Waals surface area (Å²) in [5, 5.41) is 9.55. The Hall–Kier alpha value is -2.09. The summed E-state index contributed by atoms with van der Waals surface area (Å²) in [5.74, 6) is -0.916. The highest BCUT2D eigenvalue weighted by Crippen LogP contribution is 2.42. The number of rotatable bonds is 3. The lowest BCUT2D eigenvalue weighted by molar-refractivity contribution is -0.141. The molecule has 1 N–H and O–H groups in total. The molecule has 1 aliphatic carbocycles. The lowest BCUT2D eigenvalue weighted by Gasteiger charge is -2.28. The van der Waals surface area contributed by atoms with Gasteiger partial charge in [-0.25, -0.2) is 13.2 Å². The minimum Gasteiger partial charge on any atom is -0.480 e. The zero-order valence-electron chi connectivity index (χ0n) is 14.4. The van der Waals surface area contributed by atoms with E-state index in [9.17, 15) is 23.1 Å². The first-order chi connectivity index (χ1) is 12.4. The maximum absolute atomic E-state index is 13.1. The van der Waals surface area contributed by atoms with Crippen LogP contribution in [0.15, 0.2) is 24.3 Å². The first kappa shape index (κ1) is 17.3. The second kappa shape index (κ2) is 6.26. The minimum absolute atomic E-state index is 0.0252. The van der Waals surface area contributed by atoms with Crippen molar-refractivity contribution in [3.63, 3.8) is 0 Å². The number of benzene rings is 1. The van der Waals surface area contributed by atoms with E-state index in [1.807, 2.05) is 0 Å². The molecule has 8 heteroatoms. The second-order valence-corrected chi connectivity index (χ2v) is 9.37. The Kier molecular flexibility index (Phi) is 4.17. The third kappa shape index (κ3) is 2.76. The van der Waals surface area contributed by atoms with Gasteiger partial charge in [0, 0.05) is 18.2 Å². The number of nitrogens with zero attached hydrogens (tertiary/aromatic N) is 2. The number of hydrogen-bond acceptors (Lipinski definition) is 4. The van der Waals surface area contributed by atoms with Crippen LogP contribution in [0.1, 0.15) is 42.5 Å². The van der Waals surface area contributed by atoms with Crippen molar-refractivity contribution >= 4 is 27.6 Å². The highest BCUT2D eigenvalue weighted by molar-refractivity contribution is 7.93. The van der Waals surface area contributed by atoms with Crippen molar-refractivity contribution in [2.24, 2.45) is 5.92 Å². The summed E-state index contributed by atoms with van der Waals surface area (Å²) in [4.78, 5) is 26.3. The normalized spacial score (nSPS) is 29.8. The molecule has 7 nitrogen and oxygen atoms in total. The molecule has 0 bridgehead atoms. The van der Waals surface area contributed by atoms with Gasteiger partial charge < -0.3 is 10.0 Å². The van der Waals surface area contributed by atoms with Gasteiger partial charge in [-0.15, -0.1) is 0 Å². The van der Waals surface area contributed by atoms with Gasteiger partial charge in [0.2, 0.25) is 10.0 Å². The van der Waals surface area contributed by atoms with Crippen molar-refractivity contribution in [1.82, 2.24) is 4.90 Å².